The summed E-state index contributed by atoms with van der Waals surface area (Å²) in [5.74, 6) is -0.384. The molecule has 0 aliphatic rings. The highest BCUT2D eigenvalue weighted by molar-refractivity contribution is 7.89. The number of hydrogen-bond donors (Lipinski definition) is 1. The maximum absolute atomic E-state index is 12.7. The van der Waals surface area contributed by atoms with E-state index < -0.39 is 15.6 Å². The summed E-state index contributed by atoms with van der Waals surface area (Å²) in [7, 11) is -2.03. The zero-order valence-electron chi connectivity index (χ0n) is 18.5. The smallest absolute Gasteiger partial charge is 0.297 e. The average Bonchev–Trinajstić information content (AvgIpc) is 3.19. The van der Waals surface area contributed by atoms with Gasteiger partial charge in [-0.05, 0) is 43.7 Å². The van der Waals surface area contributed by atoms with E-state index in [1.165, 1.54) is 34.4 Å². The van der Waals surface area contributed by atoms with Gasteiger partial charge in [-0.25, -0.2) is 13.4 Å². The Morgan fingerprint density at radius 3 is 2.55 bits per heavy atom. The van der Waals surface area contributed by atoms with E-state index in [4.69, 9.17) is 4.42 Å². The van der Waals surface area contributed by atoms with Crippen molar-refractivity contribution < 1.29 is 17.6 Å². The van der Waals surface area contributed by atoms with Crippen molar-refractivity contribution in [1.29, 1.82) is 0 Å². The average molecular weight is 469 g/mol. The van der Waals surface area contributed by atoms with E-state index in [2.05, 4.69) is 10.3 Å². The van der Waals surface area contributed by atoms with Gasteiger partial charge in [-0.3, -0.25) is 14.2 Å². The van der Waals surface area contributed by atoms with Crippen LogP contribution < -0.4 is 10.9 Å². The van der Waals surface area contributed by atoms with Crippen LogP contribution in [0.1, 0.15) is 19.4 Å². The number of para-hydroxylation sites is 1. The van der Waals surface area contributed by atoms with Crippen molar-refractivity contribution in [1.82, 2.24) is 19.2 Å². The summed E-state index contributed by atoms with van der Waals surface area (Å²) in [5.41, 5.74) is 1.42. The van der Waals surface area contributed by atoms with Gasteiger partial charge in [-0.1, -0.05) is 24.3 Å². The summed E-state index contributed by atoms with van der Waals surface area (Å²) in [5, 5.41) is 3.47. The number of nitrogens with one attached hydrogen (secondary N) is 1. The van der Waals surface area contributed by atoms with Gasteiger partial charge in [0.15, 0.2) is 0 Å². The molecule has 0 spiro atoms. The summed E-state index contributed by atoms with van der Waals surface area (Å²) < 4.78 is 33.2. The lowest BCUT2D eigenvalue weighted by atomic mass is 10.2. The van der Waals surface area contributed by atoms with Crippen LogP contribution in [0.25, 0.3) is 22.1 Å². The molecular formula is C23H24N4O5S. The molecule has 172 valence electrons. The van der Waals surface area contributed by atoms with Crippen LogP contribution in [0.2, 0.25) is 0 Å². The summed E-state index contributed by atoms with van der Waals surface area (Å²) >= 11 is 0. The lowest BCUT2D eigenvalue weighted by Crippen LogP contribution is -2.33. The van der Waals surface area contributed by atoms with Crippen molar-refractivity contribution in [3.8, 4) is 0 Å². The minimum Gasteiger partial charge on any atom is -0.448 e. The molecule has 33 heavy (non-hydrogen) atoms. The van der Waals surface area contributed by atoms with E-state index in [9.17, 15) is 18.0 Å². The number of furan rings is 1. The lowest BCUT2D eigenvalue weighted by molar-refractivity contribution is -0.121. The maximum Gasteiger partial charge on any atom is 0.297 e. The van der Waals surface area contributed by atoms with E-state index in [0.717, 1.165) is 10.9 Å². The molecule has 2 aromatic carbocycles. The van der Waals surface area contributed by atoms with Gasteiger partial charge in [-0.2, -0.15) is 4.31 Å². The molecule has 10 heteroatoms. The fourth-order valence-electron chi connectivity index (χ4n) is 3.36. The van der Waals surface area contributed by atoms with Gasteiger partial charge in [0.05, 0.1) is 11.2 Å². The Morgan fingerprint density at radius 2 is 1.85 bits per heavy atom. The predicted molar refractivity (Wildman–Crippen MR) is 124 cm³/mol. The molecule has 1 amide bonds. The molecule has 0 radical (unpaired) electrons. The third-order valence-corrected chi connectivity index (χ3v) is 7.53. The monoisotopic (exact) mass is 468 g/mol. The number of hydrogen-bond acceptors (Lipinski definition) is 6. The van der Waals surface area contributed by atoms with Crippen LogP contribution >= 0.6 is 0 Å². The molecule has 0 bridgehead atoms. The third kappa shape index (κ3) is 4.39. The lowest BCUT2D eigenvalue weighted by Gasteiger charge is -2.21. The second kappa shape index (κ2) is 8.80. The first kappa shape index (κ1) is 22.7. The highest BCUT2D eigenvalue weighted by Gasteiger charge is 2.22. The number of carbonyl (C=O) groups is 1. The predicted octanol–water partition coefficient (Wildman–Crippen LogP) is 2.49. The topological polar surface area (TPSA) is 115 Å². The van der Waals surface area contributed by atoms with E-state index in [1.807, 2.05) is 12.1 Å². The number of nitrogens with zero attached hydrogens (tertiary/aromatic N) is 3. The highest BCUT2D eigenvalue weighted by atomic mass is 32.2. The van der Waals surface area contributed by atoms with E-state index in [1.54, 1.807) is 38.1 Å². The third-order valence-electron chi connectivity index (χ3n) is 5.48. The molecule has 0 unspecified atom stereocenters. The first-order chi connectivity index (χ1) is 15.7. The van der Waals surface area contributed by atoms with Gasteiger partial charge >= 0.3 is 0 Å². The van der Waals surface area contributed by atoms with Crippen molar-refractivity contribution in [3.05, 3.63) is 70.8 Å². The van der Waals surface area contributed by atoms with Crippen LogP contribution in [0.3, 0.4) is 0 Å². The van der Waals surface area contributed by atoms with Crippen LogP contribution in [0.15, 0.2) is 69.0 Å². The minimum atomic E-state index is -3.57. The van der Waals surface area contributed by atoms with Gasteiger partial charge in [0.2, 0.25) is 21.5 Å². The molecule has 2 aromatic heterocycles. The summed E-state index contributed by atoms with van der Waals surface area (Å²) in [6.07, 6.45) is 1.33. The molecule has 0 aliphatic carbocycles. The van der Waals surface area contributed by atoms with Crippen molar-refractivity contribution in [2.45, 2.75) is 37.9 Å². The fourth-order valence-corrected chi connectivity index (χ4v) is 4.73. The van der Waals surface area contributed by atoms with Gasteiger partial charge in [0.1, 0.15) is 17.6 Å². The molecule has 0 atom stereocenters. The SMILES string of the molecule is CC(C)N(C)S(=O)(=O)c1ccc(CNC(=O)Cn2cnc3c(oc4ccccc43)c2=O)cc1. The quantitative estimate of drug-likeness (QED) is 0.446. The Bertz CT molecular complexity index is 1490. The van der Waals surface area contributed by atoms with E-state index in [-0.39, 0.29) is 35.5 Å². The Balaban J connectivity index is 1.43. The van der Waals surface area contributed by atoms with Crippen LogP contribution in [-0.2, 0) is 27.9 Å². The van der Waals surface area contributed by atoms with Gasteiger partial charge in [-0.15, -0.1) is 0 Å². The number of fused-ring (bicyclic) bond motifs is 3. The number of sulfonamides is 1. The van der Waals surface area contributed by atoms with Gasteiger partial charge in [0.25, 0.3) is 5.56 Å². The van der Waals surface area contributed by atoms with E-state index >= 15 is 0 Å². The molecule has 0 saturated carbocycles. The highest BCUT2D eigenvalue weighted by Crippen LogP contribution is 2.24. The molecule has 4 rings (SSSR count). The number of benzene rings is 2. The standard InChI is InChI=1S/C23H24N4O5S/c1-15(2)26(3)33(30,31)17-10-8-16(9-11-17)12-24-20(28)13-27-14-25-21-18-6-4-5-7-19(18)32-22(21)23(27)29/h4-11,14-15H,12-13H2,1-3H3,(H,24,28). The summed E-state index contributed by atoms with van der Waals surface area (Å²) in [6, 6.07) is 13.4. The van der Waals surface area contributed by atoms with Crippen LogP contribution in [-0.4, -0.2) is 41.3 Å². The van der Waals surface area contributed by atoms with Gasteiger partial charge < -0.3 is 9.73 Å². The summed E-state index contributed by atoms with van der Waals surface area (Å²) in [6.45, 7) is 3.57. The van der Waals surface area contributed by atoms with E-state index in [0.29, 0.717) is 11.1 Å². The zero-order chi connectivity index (χ0) is 23.8. The van der Waals surface area contributed by atoms with Crippen LogP contribution in [0.5, 0.6) is 0 Å². The Morgan fingerprint density at radius 1 is 1.15 bits per heavy atom. The molecule has 0 saturated heterocycles. The molecule has 9 nitrogen and oxygen atoms in total. The van der Waals surface area contributed by atoms with Crippen LogP contribution in [0.4, 0.5) is 0 Å². The van der Waals surface area contributed by atoms with Crippen molar-refractivity contribution in [2.75, 3.05) is 7.05 Å². The summed E-state index contributed by atoms with van der Waals surface area (Å²) in [4.78, 5) is 29.6. The first-order valence-electron chi connectivity index (χ1n) is 10.4. The molecule has 1 N–H and O–H groups in total. The zero-order valence-corrected chi connectivity index (χ0v) is 19.3. The Labute approximate surface area is 190 Å². The normalized spacial score (nSPS) is 12.2. The second-order valence-electron chi connectivity index (χ2n) is 7.99. The number of amides is 1. The largest absolute Gasteiger partial charge is 0.448 e. The minimum absolute atomic E-state index is 0.106. The molecule has 0 aliphatic heterocycles. The molecular weight excluding hydrogens is 444 g/mol. The Hall–Kier alpha value is -3.50. The van der Waals surface area contributed by atoms with Crippen LogP contribution in [0, 0.1) is 0 Å². The fraction of sp³-hybridized carbons (Fsp3) is 0.261. The number of aromatic nitrogens is 2. The van der Waals surface area contributed by atoms with Gasteiger partial charge in [0, 0.05) is 25.0 Å². The number of rotatable bonds is 7. The van der Waals surface area contributed by atoms with Crippen molar-refractivity contribution in [3.63, 3.8) is 0 Å². The van der Waals surface area contributed by atoms with Crippen molar-refractivity contribution >= 4 is 38.0 Å². The molecule has 0 fully saturated rings. The van der Waals surface area contributed by atoms with Crippen molar-refractivity contribution in [2.24, 2.45) is 0 Å². The second-order valence-corrected chi connectivity index (χ2v) is 9.99. The first-order valence-corrected chi connectivity index (χ1v) is 11.8. The molecule has 4 aromatic rings. The maximum atomic E-state index is 12.7. The molecule has 2 heterocycles. The number of carbonyl (C=O) groups excluding carboxylic acids is 1. The Kier molecular flexibility index (Phi) is 6.05.